The minimum atomic E-state index is -1.12. The van der Waals surface area contributed by atoms with Crippen molar-refractivity contribution in [2.24, 2.45) is 0 Å². The number of carboxylic acids is 1. The normalized spacial score (nSPS) is 18.4. The minimum Gasteiger partial charge on any atom is -0.478 e. The van der Waals surface area contributed by atoms with Gasteiger partial charge in [-0.05, 0) is 24.6 Å². The van der Waals surface area contributed by atoms with E-state index in [1.165, 1.54) is 12.1 Å². The molecule has 1 aromatic rings. The molecule has 1 atom stereocenters. The van der Waals surface area contributed by atoms with E-state index in [4.69, 9.17) is 16.7 Å². The van der Waals surface area contributed by atoms with E-state index in [2.05, 4.69) is 12.2 Å². The number of carbonyl (C=O) groups excluding carboxylic acids is 1. The average molecular weight is 329 g/mol. The highest BCUT2D eigenvalue weighted by Gasteiger charge is 2.24. The number of anilines is 1. The number of carboxylic acid groups (broad SMARTS) is 1. The van der Waals surface area contributed by atoms with E-state index in [1.807, 2.05) is 11.8 Å². The van der Waals surface area contributed by atoms with Crippen LogP contribution in [0, 0.1) is 0 Å². The van der Waals surface area contributed by atoms with E-state index in [0.29, 0.717) is 23.4 Å². The van der Waals surface area contributed by atoms with Gasteiger partial charge in [0, 0.05) is 29.1 Å². The van der Waals surface area contributed by atoms with Crippen LogP contribution >= 0.6 is 23.4 Å². The van der Waals surface area contributed by atoms with Crippen LogP contribution in [0.1, 0.15) is 23.7 Å². The molecule has 0 saturated carbocycles. The lowest BCUT2D eigenvalue weighted by Crippen LogP contribution is -2.44. The Hall–Kier alpha value is -1.40. The summed E-state index contributed by atoms with van der Waals surface area (Å²) in [5, 5.41) is 12.6. The minimum absolute atomic E-state index is 0.00530. The van der Waals surface area contributed by atoms with Gasteiger partial charge in [-0.25, -0.2) is 9.59 Å². The van der Waals surface area contributed by atoms with Crippen LogP contribution in [0.3, 0.4) is 0 Å². The molecule has 2 amide bonds. The number of aromatic carboxylic acids is 1. The Bertz CT molecular complexity index is 553. The Labute approximate surface area is 132 Å². The summed E-state index contributed by atoms with van der Waals surface area (Å²) in [6.45, 7) is 3.45. The topological polar surface area (TPSA) is 69.6 Å². The molecule has 0 spiro atoms. The summed E-state index contributed by atoms with van der Waals surface area (Å²) >= 11 is 7.66. The third-order valence-corrected chi connectivity index (χ3v) is 4.94. The molecule has 5 nitrogen and oxygen atoms in total. The van der Waals surface area contributed by atoms with Gasteiger partial charge in [0.05, 0.1) is 11.3 Å². The third kappa shape index (κ3) is 4.04. The predicted molar refractivity (Wildman–Crippen MR) is 85.5 cm³/mol. The maximum Gasteiger partial charge on any atom is 0.337 e. The largest absolute Gasteiger partial charge is 0.478 e. The fraction of sp³-hybridized carbons (Fsp3) is 0.429. The van der Waals surface area contributed by atoms with Gasteiger partial charge in [-0.1, -0.05) is 18.5 Å². The number of urea groups is 1. The van der Waals surface area contributed by atoms with Crippen molar-refractivity contribution in [1.82, 2.24) is 4.90 Å². The number of nitrogens with zero attached hydrogens (tertiary/aromatic N) is 1. The van der Waals surface area contributed by atoms with E-state index in [-0.39, 0.29) is 17.3 Å². The maximum atomic E-state index is 12.3. The Morgan fingerprint density at radius 1 is 1.52 bits per heavy atom. The van der Waals surface area contributed by atoms with Crippen LogP contribution < -0.4 is 5.32 Å². The Balaban J connectivity index is 2.11. The zero-order chi connectivity index (χ0) is 15.4. The second-order valence-corrected chi connectivity index (χ2v) is 6.62. The lowest BCUT2D eigenvalue weighted by Gasteiger charge is -2.32. The van der Waals surface area contributed by atoms with Crippen LogP contribution in [0.25, 0.3) is 0 Å². The number of halogens is 1. The lowest BCUT2D eigenvalue weighted by atomic mass is 10.2. The van der Waals surface area contributed by atoms with Crippen LogP contribution in [0.2, 0.25) is 5.02 Å². The van der Waals surface area contributed by atoms with Crippen molar-refractivity contribution in [2.45, 2.75) is 18.6 Å². The fourth-order valence-corrected chi connectivity index (χ4v) is 3.50. The van der Waals surface area contributed by atoms with E-state index in [0.717, 1.165) is 12.2 Å². The zero-order valence-electron chi connectivity index (χ0n) is 11.6. The molecule has 7 heteroatoms. The molecule has 1 unspecified atom stereocenters. The average Bonchev–Trinajstić information content (AvgIpc) is 2.48. The van der Waals surface area contributed by atoms with Crippen molar-refractivity contribution in [1.29, 1.82) is 0 Å². The number of nitrogens with one attached hydrogen (secondary N) is 1. The van der Waals surface area contributed by atoms with Gasteiger partial charge in [0.2, 0.25) is 0 Å². The van der Waals surface area contributed by atoms with E-state index in [1.54, 1.807) is 11.0 Å². The van der Waals surface area contributed by atoms with Crippen molar-refractivity contribution < 1.29 is 14.7 Å². The number of carbonyl (C=O) groups is 2. The van der Waals surface area contributed by atoms with Crippen molar-refractivity contribution in [2.75, 3.05) is 24.2 Å². The van der Waals surface area contributed by atoms with Gasteiger partial charge in [-0.15, -0.1) is 0 Å². The van der Waals surface area contributed by atoms with Crippen LogP contribution in [0.15, 0.2) is 18.2 Å². The number of hydrogen-bond donors (Lipinski definition) is 2. The highest BCUT2D eigenvalue weighted by molar-refractivity contribution is 8.00. The first-order valence-electron chi connectivity index (χ1n) is 6.71. The van der Waals surface area contributed by atoms with Gasteiger partial charge >= 0.3 is 12.0 Å². The summed E-state index contributed by atoms with van der Waals surface area (Å²) in [6, 6.07) is 4.14. The van der Waals surface area contributed by atoms with Gasteiger partial charge in [0.1, 0.15) is 0 Å². The van der Waals surface area contributed by atoms with Gasteiger partial charge in [0.25, 0.3) is 0 Å². The predicted octanol–water partition coefficient (Wildman–Crippen LogP) is 3.40. The molecule has 0 radical (unpaired) electrons. The quantitative estimate of drug-likeness (QED) is 0.892. The molecule has 1 aliphatic rings. The van der Waals surface area contributed by atoms with Gasteiger partial charge in [-0.3, -0.25) is 0 Å². The first-order valence-corrected chi connectivity index (χ1v) is 8.14. The molecule has 1 saturated heterocycles. The number of amides is 2. The summed E-state index contributed by atoms with van der Waals surface area (Å²) in [7, 11) is 0. The van der Waals surface area contributed by atoms with Crippen LogP contribution in [-0.4, -0.2) is 46.1 Å². The maximum absolute atomic E-state index is 12.3. The lowest BCUT2D eigenvalue weighted by molar-refractivity contribution is 0.0698. The molecule has 1 aliphatic heterocycles. The number of rotatable bonds is 3. The second-order valence-electron chi connectivity index (χ2n) is 4.77. The summed E-state index contributed by atoms with van der Waals surface area (Å²) in [5.74, 6) is -0.216. The molecule has 1 heterocycles. The smallest absolute Gasteiger partial charge is 0.337 e. The molecule has 1 fully saturated rings. The molecular weight excluding hydrogens is 312 g/mol. The highest BCUT2D eigenvalue weighted by atomic mass is 35.5. The SMILES string of the molecule is CCC1CN(C(=O)Nc2ccc(Cl)cc2C(=O)O)CCS1. The van der Waals surface area contributed by atoms with Crippen LogP contribution in [0.4, 0.5) is 10.5 Å². The standard InChI is InChI=1S/C14H17ClN2O3S/c1-2-10-8-17(5-6-21-10)14(20)16-12-4-3-9(15)7-11(12)13(18)19/h3-4,7,10H,2,5-6,8H2,1H3,(H,16,20)(H,18,19). The first-order chi connectivity index (χ1) is 10.0. The third-order valence-electron chi connectivity index (χ3n) is 3.33. The van der Waals surface area contributed by atoms with E-state index < -0.39 is 5.97 Å². The summed E-state index contributed by atoms with van der Waals surface area (Å²) in [6.07, 6.45) is 1.01. The molecule has 0 bridgehead atoms. The summed E-state index contributed by atoms with van der Waals surface area (Å²) in [5.41, 5.74) is 0.262. The van der Waals surface area contributed by atoms with E-state index >= 15 is 0 Å². The molecule has 2 rings (SSSR count). The van der Waals surface area contributed by atoms with Crippen molar-refractivity contribution in [3.63, 3.8) is 0 Å². The molecule has 114 valence electrons. The van der Waals surface area contributed by atoms with Crippen molar-refractivity contribution in [3.8, 4) is 0 Å². The molecule has 0 aliphatic carbocycles. The molecule has 21 heavy (non-hydrogen) atoms. The van der Waals surface area contributed by atoms with Crippen LogP contribution in [-0.2, 0) is 0 Å². The summed E-state index contributed by atoms with van der Waals surface area (Å²) < 4.78 is 0. The molecule has 2 N–H and O–H groups in total. The highest BCUT2D eigenvalue weighted by Crippen LogP contribution is 2.24. The number of benzene rings is 1. The van der Waals surface area contributed by atoms with Gasteiger partial charge < -0.3 is 15.3 Å². The fourth-order valence-electron chi connectivity index (χ4n) is 2.15. The summed E-state index contributed by atoms with van der Waals surface area (Å²) in [4.78, 5) is 25.2. The second kappa shape index (κ2) is 7.04. The molecular formula is C14H17ClN2O3S. The van der Waals surface area contributed by atoms with Crippen molar-refractivity contribution in [3.05, 3.63) is 28.8 Å². The van der Waals surface area contributed by atoms with Gasteiger partial charge in [0.15, 0.2) is 0 Å². The first kappa shape index (κ1) is 16.0. The van der Waals surface area contributed by atoms with Crippen LogP contribution in [0.5, 0.6) is 0 Å². The van der Waals surface area contributed by atoms with E-state index in [9.17, 15) is 9.59 Å². The Kier molecular flexibility index (Phi) is 5.36. The molecule has 1 aromatic carbocycles. The van der Waals surface area contributed by atoms with Crippen molar-refractivity contribution >= 4 is 41.1 Å². The molecule has 0 aromatic heterocycles. The number of hydrogen-bond acceptors (Lipinski definition) is 3. The monoisotopic (exact) mass is 328 g/mol. The Morgan fingerprint density at radius 2 is 2.29 bits per heavy atom. The number of thioether (sulfide) groups is 1. The zero-order valence-corrected chi connectivity index (χ0v) is 13.2. The Morgan fingerprint density at radius 3 is 2.95 bits per heavy atom. The van der Waals surface area contributed by atoms with Gasteiger partial charge in [-0.2, -0.15) is 11.8 Å².